The van der Waals surface area contributed by atoms with Crippen molar-refractivity contribution in [2.45, 2.75) is 19.0 Å². The second-order valence-electron chi connectivity index (χ2n) is 5.84. The van der Waals surface area contributed by atoms with Gasteiger partial charge in [-0.3, -0.25) is 0 Å². The topological polar surface area (TPSA) is 15.8 Å². The molecule has 3 aromatic rings. The molecule has 1 heterocycles. The van der Waals surface area contributed by atoms with Gasteiger partial charge in [0.2, 0.25) is 0 Å². The molecule has 130 valence electrons. The molecule has 0 aliphatic heterocycles. The molecule has 0 aliphatic rings. The van der Waals surface area contributed by atoms with Gasteiger partial charge in [0.15, 0.2) is 0 Å². The largest absolute Gasteiger partial charge is 0.399 e. The third-order valence-corrected chi connectivity index (χ3v) is 4.28. The molecule has 6 heteroatoms. The van der Waals surface area contributed by atoms with E-state index in [0.717, 1.165) is 23.0 Å². The quantitative estimate of drug-likeness (QED) is 0.500. The number of halogens is 5. The van der Waals surface area contributed by atoms with E-state index in [9.17, 15) is 17.6 Å². The zero-order valence-corrected chi connectivity index (χ0v) is 13.9. The molecule has 0 saturated heterocycles. The molecule has 1 nitrogen and oxygen atoms in total. The molecule has 0 radical (unpaired) electrons. The van der Waals surface area contributed by atoms with Crippen LogP contribution >= 0.6 is 11.6 Å². The molecule has 0 fully saturated rings. The van der Waals surface area contributed by atoms with Crippen molar-refractivity contribution in [2.24, 2.45) is 0 Å². The Kier molecular flexibility index (Phi) is 4.60. The highest BCUT2D eigenvalue weighted by molar-refractivity contribution is 6.30. The lowest BCUT2D eigenvalue weighted by Crippen LogP contribution is -2.19. The van der Waals surface area contributed by atoms with E-state index in [2.05, 4.69) is 4.98 Å². The van der Waals surface area contributed by atoms with E-state index < -0.39 is 17.9 Å². The molecule has 0 saturated carbocycles. The van der Waals surface area contributed by atoms with Gasteiger partial charge < -0.3 is 4.98 Å². The first-order valence-electron chi connectivity index (χ1n) is 7.53. The molecular formula is C19H14ClF4N. The van der Waals surface area contributed by atoms with Gasteiger partial charge in [0.05, 0.1) is 10.9 Å². The SMILES string of the molecule is Cc1cc(C(/C=C/c2ccc3[nH]ccc3c2)C(F)(F)F)cc(Cl)c1F. The molecule has 1 unspecified atom stereocenters. The van der Waals surface area contributed by atoms with Crippen LogP contribution in [0, 0.1) is 12.7 Å². The van der Waals surface area contributed by atoms with Gasteiger partial charge in [0, 0.05) is 11.7 Å². The van der Waals surface area contributed by atoms with Crippen molar-refractivity contribution < 1.29 is 17.6 Å². The monoisotopic (exact) mass is 367 g/mol. The number of fused-ring (bicyclic) bond motifs is 1. The van der Waals surface area contributed by atoms with E-state index in [0.29, 0.717) is 5.56 Å². The number of aromatic amines is 1. The van der Waals surface area contributed by atoms with Crippen molar-refractivity contribution in [3.63, 3.8) is 0 Å². The van der Waals surface area contributed by atoms with Gasteiger partial charge in [-0.05, 0) is 53.3 Å². The van der Waals surface area contributed by atoms with Crippen molar-refractivity contribution in [2.75, 3.05) is 0 Å². The zero-order chi connectivity index (χ0) is 18.2. The summed E-state index contributed by atoms with van der Waals surface area (Å²) in [6, 6.07) is 9.37. The van der Waals surface area contributed by atoms with Gasteiger partial charge in [0.25, 0.3) is 0 Å². The Morgan fingerprint density at radius 1 is 1.12 bits per heavy atom. The van der Waals surface area contributed by atoms with Crippen LogP contribution in [0.2, 0.25) is 5.02 Å². The van der Waals surface area contributed by atoms with Crippen LogP contribution in [-0.4, -0.2) is 11.2 Å². The zero-order valence-electron chi connectivity index (χ0n) is 13.2. The van der Waals surface area contributed by atoms with E-state index in [1.165, 1.54) is 19.1 Å². The highest BCUT2D eigenvalue weighted by Crippen LogP contribution is 2.38. The van der Waals surface area contributed by atoms with Gasteiger partial charge in [-0.2, -0.15) is 13.2 Å². The molecule has 1 aromatic heterocycles. The first-order valence-corrected chi connectivity index (χ1v) is 7.91. The summed E-state index contributed by atoms with van der Waals surface area (Å²) < 4.78 is 54.1. The van der Waals surface area contributed by atoms with Gasteiger partial charge in [-0.15, -0.1) is 0 Å². The lowest BCUT2D eigenvalue weighted by molar-refractivity contribution is -0.139. The smallest absolute Gasteiger partial charge is 0.361 e. The van der Waals surface area contributed by atoms with Gasteiger partial charge in [-0.25, -0.2) is 4.39 Å². The van der Waals surface area contributed by atoms with E-state index in [4.69, 9.17) is 11.6 Å². The Balaban J connectivity index is 1.99. The molecule has 3 rings (SSSR count). The van der Waals surface area contributed by atoms with Crippen LogP contribution in [0.3, 0.4) is 0 Å². The number of hydrogen-bond donors (Lipinski definition) is 1. The van der Waals surface area contributed by atoms with Crippen LogP contribution in [0.1, 0.15) is 22.6 Å². The first kappa shape index (κ1) is 17.5. The van der Waals surface area contributed by atoms with Crippen molar-refractivity contribution in [3.8, 4) is 0 Å². The summed E-state index contributed by atoms with van der Waals surface area (Å²) in [5.74, 6) is -2.57. The highest BCUT2D eigenvalue weighted by Gasteiger charge is 2.39. The van der Waals surface area contributed by atoms with Gasteiger partial charge in [-0.1, -0.05) is 35.9 Å². The summed E-state index contributed by atoms with van der Waals surface area (Å²) in [5.41, 5.74) is 1.55. The minimum atomic E-state index is -4.51. The second-order valence-corrected chi connectivity index (χ2v) is 6.24. The number of benzene rings is 2. The fourth-order valence-corrected chi connectivity index (χ4v) is 3.00. The molecule has 1 N–H and O–H groups in total. The third-order valence-electron chi connectivity index (χ3n) is 4.00. The fourth-order valence-electron chi connectivity index (χ4n) is 2.72. The third kappa shape index (κ3) is 3.71. The van der Waals surface area contributed by atoms with Crippen molar-refractivity contribution in [1.29, 1.82) is 0 Å². The average molecular weight is 368 g/mol. The molecule has 25 heavy (non-hydrogen) atoms. The van der Waals surface area contributed by atoms with E-state index in [1.54, 1.807) is 24.4 Å². The molecule has 0 amide bonds. The number of aromatic nitrogens is 1. The normalized spacial score (nSPS) is 13.7. The number of hydrogen-bond acceptors (Lipinski definition) is 0. The van der Waals surface area contributed by atoms with Crippen LogP contribution in [0.25, 0.3) is 17.0 Å². The maximum Gasteiger partial charge on any atom is 0.399 e. The van der Waals surface area contributed by atoms with Crippen molar-refractivity contribution >= 4 is 28.6 Å². The molecular weight excluding hydrogens is 354 g/mol. The minimum Gasteiger partial charge on any atom is -0.361 e. The number of nitrogens with one attached hydrogen (secondary N) is 1. The number of aryl methyl sites for hydroxylation is 1. The Labute approximate surface area is 146 Å². The van der Waals surface area contributed by atoms with Crippen molar-refractivity contribution in [1.82, 2.24) is 4.98 Å². The summed E-state index contributed by atoms with van der Waals surface area (Å²) in [4.78, 5) is 3.03. The Morgan fingerprint density at radius 3 is 2.56 bits per heavy atom. The van der Waals surface area contributed by atoms with Gasteiger partial charge >= 0.3 is 6.18 Å². The number of alkyl halides is 3. The number of H-pyrrole nitrogens is 1. The highest BCUT2D eigenvalue weighted by atomic mass is 35.5. The van der Waals surface area contributed by atoms with E-state index >= 15 is 0 Å². The predicted molar refractivity (Wildman–Crippen MR) is 92.3 cm³/mol. The molecule has 1 atom stereocenters. The predicted octanol–water partition coefficient (Wildman–Crippen LogP) is 6.63. The average Bonchev–Trinajstić information content (AvgIpc) is 2.99. The van der Waals surface area contributed by atoms with Crippen LogP contribution in [0.4, 0.5) is 17.6 Å². The number of rotatable bonds is 3. The Hall–Kier alpha value is -2.27. The lowest BCUT2D eigenvalue weighted by Gasteiger charge is -2.18. The summed E-state index contributed by atoms with van der Waals surface area (Å²) >= 11 is 5.71. The van der Waals surface area contributed by atoms with Crippen LogP contribution in [0.5, 0.6) is 0 Å². The lowest BCUT2D eigenvalue weighted by atomic mass is 9.95. The summed E-state index contributed by atoms with van der Waals surface area (Å²) in [6.45, 7) is 1.39. The molecule has 0 bridgehead atoms. The maximum absolute atomic E-state index is 13.6. The molecule has 2 aromatic carbocycles. The fraction of sp³-hybridized carbons (Fsp3) is 0.158. The van der Waals surface area contributed by atoms with E-state index in [-0.39, 0.29) is 16.1 Å². The first-order chi connectivity index (χ1) is 11.8. The van der Waals surface area contributed by atoms with Crippen LogP contribution < -0.4 is 0 Å². The maximum atomic E-state index is 13.6. The summed E-state index contributed by atoms with van der Waals surface area (Å²) in [5, 5.41) is 0.595. The number of allylic oxidation sites excluding steroid dienone is 1. The minimum absolute atomic E-state index is 0.0823. The van der Waals surface area contributed by atoms with E-state index in [1.807, 2.05) is 6.07 Å². The standard InChI is InChI=1S/C19H14ClF4N/c1-11-8-14(10-16(20)18(11)21)15(19(22,23)24)4-2-12-3-5-17-13(9-12)6-7-25-17/h2-10,15,25H,1H3/b4-2+. The Bertz CT molecular complexity index is 917. The second kappa shape index (κ2) is 6.56. The summed E-state index contributed by atoms with van der Waals surface area (Å²) in [7, 11) is 0. The summed E-state index contributed by atoms with van der Waals surface area (Å²) in [6.07, 6.45) is -0.268. The Morgan fingerprint density at radius 2 is 1.88 bits per heavy atom. The molecule has 0 spiro atoms. The van der Waals surface area contributed by atoms with Crippen LogP contribution in [-0.2, 0) is 0 Å². The van der Waals surface area contributed by atoms with Crippen LogP contribution in [0.15, 0.2) is 48.7 Å². The van der Waals surface area contributed by atoms with Crippen molar-refractivity contribution in [3.05, 3.63) is 76.2 Å². The molecule has 0 aliphatic carbocycles. The van der Waals surface area contributed by atoms with Gasteiger partial charge in [0.1, 0.15) is 5.82 Å².